The fourth-order valence-corrected chi connectivity index (χ4v) is 2.47. The molecule has 0 amide bonds. The van der Waals surface area contributed by atoms with Crippen molar-refractivity contribution in [3.63, 3.8) is 0 Å². The van der Waals surface area contributed by atoms with Crippen molar-refractivity contribution in [1.29, 1.82) is 0 Å². The topological polar surface area (TPSA) is 59.0 Å². The number of carboxylic acids is 1. The summed E-state index contributed by atoms with van der Waals surface area (Å²) in [5.41, 5.74) is 0.972. The van der Waals surface area contributed by atoms with E-state index in [0.29, 0.717) is 42.8 Å². The predicted octanol–water partition coefficient (Wildman–Crippen LogP) is 2.26. The first kappa shape index (κ1) is 14.9. The highest BCUT2D eigenvalue weighted by atomic mass is 35.5. The fourth-order valence-electron chi connectivity index (χ4n) is 2.18. The minimum absolute atomic E-state index is 0.410. The van der Waals surface area contributed by atoms with Gasteiger partial charge in [-0.15, -0.1) is 0 Å². The van der Waals surface area contributed by atoms with Gasteiger partial charge in [0.05, 0.1) is 10.9 Å². The molecule has 1 heterocycles. The van der Waals surface area contributed by atoms with Gasteiger partial charge in [-0.1, -0.05) is 18.5 Å². The summed E-state index contributed by atoms with van der Waals surface area (Å²) in [6.07, 6.45) is 0. The third-order valence-electron chi connectivity index (χ3n) is 3.12. The van der Waals surface area contributed by atoms with Crippen LogP contribution >= 0.6 is 11.6 Å². The third-order valence-corrected chi connectivity index (χ3v) is 3.40. The zero-order chi connectivity index (χ0) is 14.7. The highest BCUT2D eigenvalue weighted by Gasteiger charge is 2.18. The highest BCUT2D eigenvalue weighted by molar-refractivity contribution is 6.32. The monoisotopic (exact) mass is 299 g/mol. The van der Waals surface area contributed by atoms with Crippen molar-refractivity contribution in [2.75, 3.05) is 26.8 Å². The summed E-state index contributed by atoms with van der Waals surface area (Å²) in [6, 6.07) is 3.72. The highest BCUT2D eigenvalue weighted by Crippen LogP contribution is 2.38. The summed E-state index contributed by atoms with van der Waals surface area (Å²) in [6.45, 7) is 3.78. The Morgan fingerprint density at radius 3 is 2.85 bits per heavy atom. The maximum Gasteiger partial charge on any atom is 0.307 e. The van der Waals surface area contributed by atoms with Crippen molar-refractivity contribution in [2.45, 2.75) is 13.5 Å². The fraction of sp³-hybridized carbons (Fsp3) is 0.500. The number of halogens is 1. The van der Waals surface area contributed by atoms with Crippen LogP contribution < -0.4 is 9.47 Å². The molecule has 1 N–H and O–H groups in total. The standard InChI is InChI=1S/C14H18ClNO4/c1-9(14(17)18)7-16(2)8-10-5-11(15)13-12(6-10)19-3-4-20-13/h5-6,9H,3-4,7-8H2,1-2H3,(H,17,18). The Hall–Kier alpha value is -1.46. The van der Waals surface area contributed by atoms with Crippen molar-refractivity contribution in [3.05, 3.63) is 22.7 Å². The van der Waals surface area contributed by atoms with Crippen LogP contribution in [0.1, 0.15) is 12.5 Å². The van der Waals surface area contributed by atoms with Crippen LogP contribution in [0.4, 0.5) is 0 Å². The van der Waals surface area contributed by atoms with Gasteiger partial charge in [0, 0.05) is 13.1 Å². The molecule has 0 aromatic heterocycles. The second-order valence-corrected chi connectivity index (χ2v) is 5.45. The number of benzene rings is 1. The third kappa shape index (κ3) is 3.55. The number of carbonyl (C=O) groups is 1. The lowest BCUT2D eigenvalue weighted by atomic mass is 10.1. The molecule has 5 nitrogen and oxygen atoms in total. The number of ether oxygens (including phenoxy) is 2. The van der Waals surface area contributed by atoms with Gasteiger partial charge in [-0.3, -0.25) is 4.79 Å². The first-order valence-corrected chi connectivity index (χ1v) is 6.84. The van der Waals surface area contributed by atoms with E-state index in [1.165, 1.54) is 0 Å². The molecule has 20 heavy (non-hydrogen) atoms. The van der Waals surface area contributed by atoms with Crippen LogP contribution in [-0.2, 0) is 11.3 Å². The quantitative estimate of drug-likeness (QED) is 0.904. The molecule has 1 unspecified atom stereocenters. The molecule has 0 bridgehead atoms. The Morgan fingerprint density at radius 1 is 1.45 bits per heavy atom. The number of aliphatic carboxylic acids is 1. The van der Waals surface area contributed by atoms with Crippen LogP contribution in [0.2, 0.25) is 5.02 Å². The van der Waals surface area contributed by atoms with Crippen LogP contribution in [0.25, 0.3) is 0 Å². The van der Waals surface area contributed by atoms with Gasteiger partial charge < -0.3 is 19.5 Å². The van der Waals surface area contributed by atoms with E-state index in [9.17, 15) is 4.79 Å². The number of hydrogen-bond donors (Lipinski definition) is 1. The molecule has 0 radical (unpaired) electrons. The van der Waals surface area contributed by atoms with E-state index in [1.807, 2.05) is 24.1 Å². The van der Waals surface area contributed by atoms with E-state index in [2.05, 4.69) is 0 Å². The number of nitrogens with zero attached hydrogens (tertiary/aromatic N) is 1. The van der Waals surface area contributed by atoms with Gasteiger partial charge in [0.2, 0.25) is 0 Å². The van der Waals surface area contributed by atoms with Gasteiger partial charge in [0.25, 0.3) is 0 Å². The van der Waals surface area contributed by atoms with Crippen LogP contribution in [-0.4, -0.2) is 42.8 Å². The Bertz CT molecular complexity index is 506. The van der Waals surface area contributed by atoms with Crippen LogP contribution in [0.15, 0.2) is 12.1 Å². The van der Waals surface area contributed by atoms with Gasteiger partial charge in [-0.25, -0.2) is 0 Å². The first-order valence-electron chi connectivity index (χ1n) is 6.46. The lowest BCUT2D eigenvalue weighted by molar-refractivity contribution is -0.141. The van der Waals surface area contributed by atoms with E-state index in [0.717, 1.165) is 5.56 Å². The Labute approximate surface area is 123 Å². The smallest absolute Gasteiger partial charge is 0.307 e. The molecule has 6 heteroatoms. The number of fused-ring (bicyclic) bond motifs is 1. The van der Waals surface area contributed by atoms with E-state index >= 15 is 0 Å². The molecule has 0 saturated carbocycles. The minimum Gasteiger partial charge on any atom is -0.486 e. The molecule has 1 aromatic rings. The van der Waals surface area contributed by atoms with Crippen molar-refractivity contribution < 1.29 is 19.4 Å². The van der Waals surface area contributed by atoms with E-state index in [4.69, 9.17) is 26.2 Å². The van der Waals surface area contributed by atoms with Crippen LogP contribution in [0, 0.1) is 5.92 Å². The first-order chi connectivity index (χ1) is 9.47. The number of carboxylic acid groups (broad SMARTS) is 1. The average molecular weight is 300 g/mol. The van der Waals surface area contributed by atoms with Crippen molar-refractivity contribution in [2.24, 2.45) is 5.92 Å². The molecule has 1 aliphatic rings. The normalized spacial score (nSPS) is 15.2. The summed E-state index contributed by atoms with van der Waals surface area (Å²) in [5, 5.41) is 9.44. The summed E-state index contributed by atoms with van der Waals surface area (Å²) in [7, 11) is 1.88. The SMILES string of the molecule is CC(CN(C)Cc1cc(Cl)c2c(c1)OCCO2)C(=O)O. The zero-order valence-electron chi connectivity index (χ0n) is 11.6. The zero-order valence-corrected chi connectivity index (χ0v) is 12.3. The van der Waals surface area contributed by atoms with E-state index in [1.54, 1.807) is 6.92 Å². The van der Waals surface area contributed by atoms with Crippen molar-refractivity contribution >= 4 is 17.6 Å². The largest absolute Gasteiger partial charge is 0.486 e. The summed E-state index contributed by atoms with van der Waals surface area (Å²) < 4.78 is 11.0. The van der Waals surface area contributed by atoms with E-state index in [-0.39, 0.29) is 0 Å². The second-order valence-electron chi connectivity index (χ2n) is 5.04. The van der Waals surface area contributed by atoms with Gasteiger partial charge in [-0.2, -0.15) is 0 Å². The molecule has 0 spiro atoms. The van der Waals surface area contributed by atoms with Gasteiger partial charge in [-0.05, 0) is 24.7 Å². The molecule has 0 aliphatic carbocycles. The predicted molar refractivity (Wildman–Crippen MR) is 75.6 cm³/mol. The summed E-state index contributed by atoms with van der Waals surface area (Å²) in [5.74, 6) is 0.0337. The molecule has 1 atom stereocenters. The maximum absolute atomic E-state index is 10.8. The number of hydrogen-bond acceptors (Lipinski definition) is 4. The molecule has 0 saturated heterocycles. The molecule has 1 aliphatic heterocycles. The average Bonchev–Trinajstić information content (AvgIpc) is 2.38. The summed E-state index contributed by atoms with van der Waals surface area (Å²) >= 11 is 6.17. The second kappa shape index (κ2) is 6.33. The van der Waals surface area contributed by atoms with Crippen molar-refractivity contribution in [1.82, 2.24) is 4.90 Å². The lowest BCUT2D eigenvalue weighted by Crippen LogP contribution is -2.28. The molecular weight excluding hydrogens is 282 g/mol. The minimum atomic E-state index is -0.794. The molecule has 1 aromatic carbocycles. The van der Waals surface area contributed by atoms with Gasteiger partial charge in [0.15, 0.2) is 11.5 Å². The lowest BCUT2D eigenvalue weighted by Gasteiger charge is -2.23. The van der Waals surface area contributed by atoms with Crippen LogP contribution in [0.5, 0.6) is 11.5 Å². The van der Waals surface area contributed by atoms with Gasteiger partial charge in [0.1, 0.15) is 13.2 Å². The molecule has 110 valence electrons. The number of rotatable bonds is 5. The van der Waals surface area contributed by atoms with Gasteiger partial charge >= 0.3 is 5.97 Å². The summed E-state index contributed by atoms with van der Waals surface area (Å²) in [4.78, 5) is 12.8. The maximum atomic E-state index is 10.8. The van der Waals surface area contributed by atoms with Crippen LogP contribution in [0.3, 0.4) is 0 Å². The molecular formula is C14H18ClNO4. The Morgan fingerprint density at radius 2 is 2.15 bits per heavy atom. The van der Waals surface area contributed by atoms with Crippen molar-refractivity contribution in [3.8, 4) is 11.5 Å². The van der Waals surface area contributed by atoms with E-state index < -0.39 is 11.9 Å². The Balaban J connectivity index is 2.06. The molecule has 0 fully saturated rings. The Kier molecular flexibility index (Phi) is 4.73. The molecule has 2 rings (SSSR count).